The van der Waals surface area contributed by atoms with E-state index < -0.39 is 0 Å². The lowest BCUT2D eigenvalue weighted by molar-refractivity contribution is 0.282. The Hall–Kier alpha value is -0.670. The van der Waals surface area contributed by atoms with E-state index in [1.165, 1.54) is 16.1 Å². The molecule has 1 aliphatic rings. The summed E-state index contributed by atoms with van der Waals surface area (Å²) in [6.07, 6.45) is 1.92. The summed E-state index contributed by atoms with van der Waals surface area (Å²) in [4.78, 5) is 1.36. The lowest BCUT2D eigenvalue weighted by Crippen LogP contribution is -2.28. The Morgan fingerprint density at radius 2 is 2.17 bits per heavy atom. The first-order chi connectivity index (χ1) is 8.52. The summed E-state index contributed by atoms with van der Waals surface area (Å²) in [7, 11) is 0. The molecule has 2 rings (SSSR count). The molecule has 0 saturated heterocycles. The summed E-state index contributed by atoms with van der Waals surface area (Å²) in [5.74, 6) is 1.10. The molecule has 100 valence electrons. The minimum Gasteiger partial charge on any atom is -0.396 e. The number of hydrogen-bond acceptors (Lipinski definition) is 3. The summed E-state index contributed by atoms with van der Waals surface area (Å²) in [6, 6.07) is 7.06. The number of anilines is 1. The molecule has 1 heterocycles. The Morgan fingerprint density at radius 1 is 1.39 bits per heavy atom. The van der Waals surface area contributed by atoms with Crippen LogP contribution in [0.25, 0.3) is 0 Å². The highest BCUT2D eigenvalue weighted by atomic mass is 32.2. The quantitative estimate of drug-likeness (QED) is 0.875. The molecule has 2 N–H and O–H groups in total. The fraction of sp³-hybridized carbons (Fsp3) is 0.600. The van der Waals surface area contributed by atoms with Crippen LogP contribution < -0.4 is 5.32 Å². The zero-order valence-electron chi connectivity index (χ0n) is 11.5. The Morgan fingerprint density at radius 3 is 2.83 bits per heavy atom. The van der Waals surface area contributed by atoms with E-state index in [9.17, 15) is 0 Å². The fourth-order valence-corrected chi connectivity index (χ4v) is 3.47. The van der Waals surface area contributed by atoms with Crippen molar-refractivity contribution in [2.75, 3.05) is 17.7 Å². The first-order valence-corrected chi connectivity index (χ1v) is 7.64. The van der Waals surface area contributed by atoms with Gasteiger partial charge < -0.3 is 10.4 Å². The Kier molecular flexibility index (Phi) is 4.23. The maximum atomic E-state index is 8.94. The van der Waals surface area contributed by atoms with E-state index in [4.69, 9.17) is 5.11 Å². The highest BCUT2D eigenvalue weighted by Gasteiger charge is 2.25. The zero-order valence-corrected chi connectivity index (χ0v) is 12.3. The first kappa shape index (κ1) is 13.8. The minimum atomic E-state index is 0.164. The number of rotatable bonds is 3. The maximum absolute atomic E-state index is 8.94. The second-order valence-corrected chi connectivity index (χ2v) is 7.01. The van der Waals surface area contributed by atoms with Crippen LogP contribution in [-0.2, 0) is 5.41 Å². The summed E-state index contributed by atoms with van der Waals surface area (Å²) in [5.41, 5.74) is 2.86. The molecule has 1 aliphatic heterocycles. The van der Waals surface area contributed by atoms with Gasteiger partial charge in [-0.1, -0.05) is 32.9 Å². The fourth-order valence-electron chi connectivity index (χ4n) is 2.35. The van der Waals surface area contributed by atoms with E-state index in [-0.39, 0.29) is 12.0 Å². The highest BCUT2D eigenvalue weighted by Crippen LogP contribution is 2.40. The van der Waals surface area contributed by atoms with Gasteiger partial charge in [0.25, 0.3) is 0 Å². The third kappa shape index (κ3) is 3.01. The molecular weight excluding hydrogens is 242 g/mol. The van der Waals surface area contributed by atoms with Crippen LogP contribution >= 0.6 is 11.8 Å². The molecule has 0 aliphatic carbocycles. The van der Waals surface area contributed by atoms with Gasteiger partial charge in [0.2, 0.25) is 0 Å². The molecule has 0 spiro atoms. The van der Waals surface area contributed by atoms with E-state index in [2.05, 4.69) is 44.3 Å². The molecule has 3 heteroatoms. The van der Waals surface area contributed by atoms with Crippen LogP contribution in [0.4, 0.5) is 5.69 Å². The summed E-state index contributed by atoms with van der Waals surface area (Å²) in [6.45, 7) is 7.06. The molecule has 0 amide bonds. The predicted octanol–water partition coefficient (Wildman–Crippen LogP) is 3.64. The van der Waals surface area contributed by atoms with Crippen LogP contribution in [0.5, 0.6) is 0 Å². The number of nitrogens with one attached hydrogen (secondary N) is 1. The van der Waals surface area contributed by atoms with Crippen molar-refractivity contribution in [2.24, 2.45) is 0 Å². The van der Waals surface area contributed by atoms with Crippen LogP contribution in [0.15, 0.2) is 23.1 Å². The van der Waals surface area contributed by atoms with Gasteiger partial charge in [-0.15, -0.1) is 11.8 Å². The van der Waals surface area contributed by atoms with Crippen LogP contribution in [0.1, 0.15) is 39.2 Å². The van der Waals surface area contributed by atoms with E-state index in [0.717, 1.165) is 18.6 Å². The van der Waals surface area contributed by atoms with Crippen LogP contribution in [0, 0.1) is 0 Å². The molecule has 18 heavy (non-hydrogen) atoms. The normalized spacial score (nSPS) is 19.2. The molecule has 1 atom stereocenters. The smallest absolute Gasteiger partial charge is 0.0518 e. The van der Waals surface area contributed by atoms with E-state index in [1.807, 2.05) is 11.8 Å². The maximum Gasteiger partial charge on any atom is 0.0518 e. The monoisotopic (exact) mass is 265 g/mol. The molecule has 0 radical (unpaired) electrons. The van der Waals surface area contributed by atoms with Crippen LogP contribution in [0.2, 0.25) is 0 Å². The van der Waals surface area contributed by atoms with Crippen molar-refractivity contribution in [3.05, 3.63) is 23.8 Å². The molecule has 2 nitrogen and oxygen atoms in total. The van der Waals surface area contributed by atoms with Crippen LogP contribution in [0.3, 0.4) is 0 Å². The number of aliphatic hydroxyl groups excluding tert-OH is 1. The minimum absolute atomic E-state index is 0.164. The topological polar surface area (TPSA) is 32.3 Å². The van der Waals surface area contributed by atoms with Gasteiger partial charge in [-0.05, 0) is 29.9 Å². The Labute approximate surface area is 114 Å². The first-order valence-electron chi connectivity index (χ1n) is 6.66. The molecule has 1 unspecified atom stereocenters. The van der Waals surface area contributed by atoms with Gasteiger partial charge >= 0.3 is 0 Å². The van der Waals surface area contributed by atoms with E-state index in [0.29, 0.717) is 6.04 Å². The number of para-hydroxylation sites is 1. The van der Waals surface area contributed by atoms with E-state index in [1.54, 1.807) is 0 Å². The van der Waals surface area contributed by atoms with Gasteiger partial charge in [0.1, 0.15) is 0 Å². The lowest BCUT2D eigenvalue weighted by atomic mass is 9.85. The van der Waals surface area contributed by atoms with E-state index >= 15 is 0 Å². The molecule has 0 fully saturated rings. The average Bonchev–Trinajstić information content (AvgIpc) is 2.34. The number of benzene rings is 1. The average molecular weight is 265 g/mol. The number of fused-ring (bicyclic) bond motifs is 1. The molecule has 0 aromatic heterocycles. The second kappa shape index (κ2) is 5.54. The predicted molar refractivity (Wildman–Crippen MR) is 79.6 cm³/mol. The summed E-state index contributed by atoms with van der Waals surface area (Å²) in [5, 5.41) is 12.6. The van der Waals surface area contributed by atoms with Gasteiger partial charge in [-0.25, -0.2) is 0 Å². The number of aliphatic hydroxyl groups is 1. The summed E-state index contributed by atoms with van der Waals surface area (Å²) >= 11 is 1.93. The van der Waals surface area contributed by atoms with Gasteiger partial charge in [0, 0.05) is 23.3 Å². The lowest BCUT2D eigenvalue weighted by Gasteiger charge is -2.32. The molecular formula is C15H23NOS. The summed E-state index contributed by atoms with van der Waals surface area (Å²) < 4.78 is 0. The van der Waals surface area contributed by atoms with Gasteiger partial charge in [0.15, 0.2) is 0 Å². The standard InChI is InChI=1S/C15H23NOS/c1-15(2,3)12-7-4-8-13-14(12)16-11(10-18-13)6-5-9-17/h4,7-8,11,16-17H,5-6,9-10H2,1-3H3. The third-order valence-corrected chi connectivity index (χ3v) is 4.55. The van der Waals surface area contributed by atoms with Crippen molar-refractivity contribution < 1.29 is 5.11 Å². The highest BCUT2D eigenvalue weighted by molar-refractivity contribution is 7.99. The third-order valence-electron chi connectivity index (χ3n) is 3.33. The van der Waals surface area contributed by atoms with Crippen molar-refractivity contribution in [1.29, 1.82) is 0 Å². The second-order valence-electron chi connectivity index (χ2n) is 5.95. The van der Waals surface area contributed by atoms with Crippen LogP contribution in [-0.4, -0.2) is 23.5 Å². The van der Waals surface area contributed by atoms with Crippen molar-refractivity contribution in [3.8, 4) is 0 Å². The molecule has 1 aromatic carbocycles. The van der Waals surface area contributed by atoms with Gasteiger partial charge in [0.05, 0.1) is 5.69 Å². The number of thioether (sulfide) groups is 1. The van der Waals surface area contributed by atoms with Crippen molar-refractivity contribution in [1.82, 2.24) is 0 Å². The van der Waals surface area contributed by atoms with Crippen molar-refractivity contribution in [2.45, 2.75) is 50.0 Å². The Bertz CT molecular complexity index is 411. The number of hydrogen-bond donors (Lipinski definition) is 2. The van der Waals surface area contributed by atoms with Gasteiger partial charge in [-0.3, -0.25) is 0 Å². The largest absolute Gasteiger partial charge is 0.396 e. The molecule has 1 aromatic rings. The van der Waals surface area contributed by atoms with Crippen molar-refractivity contribution >= 4 is 17.4 Å². The Balaban J connectivity index is 2.23. The van der Waals surface area contributed by atoms with Crippen molar-refractivity contribution in [3.63, 3.8) is 0 Å². The molecule has 0 bridgehead atoms. The van der Waals surface area contributed by atoms with Gasteiger partial charge in [-0.2, -0.15) is 0 Å². The SMILES string of the molecule is CC(C)(C)c1cccc2c1NC(CCCO)CS2. The zero-order chi connectivity index (χ0) is 13.2. The molecule has 0 saturated carbocycles.